The molecule has 0 aliphatic heterocycles. The third kappa shape index (κ3) is 4.38. The van der Waals surface area contributed by atoms with E-state index >= 15 is 0 Å². The van der Waals surface area contributed by atoms with Crippen LogP contribution in [0, 0.1) is 0 Å². The zero-order valence-electron chi connectivity index (χ0n) is 16.5. The van der Waals surface area contributed by atoms with Crippen molar-refractivity contribution in [2.45, 2.75) is 16.9 Å². The fraction of sp³-hybridized carbons (Fsp3) is 0.0952. The van der Waals surface area contributed by atoms with Crippen molar-refractivity contribution in [1.29, 1.82) is 0 Å². The number of nitrogens with zero attached hydrogens (tertiary/aromatic N) is 1. The van der Waals surface area contributed by atoms with E-state index in [2.05, 4.69) is 10.3 Å². The van der Waals surface area contributed by atoms with Crippen LogP contribution in [0.4, 0.5) is 5.13 Å². The molecule has 0 bridgehead atoms. The molecule has 4 aromatic rings. The smallest absolute Gasteiger partial charge is 0.338 e. The SMILES string of the molecule is CCOC(=O)c1ccc2nc(NC(=O)c3ccc(S(=O)(=O)c4ccc(Cl)cc4)o3)sc2c1. The van der Waals surface area contributed by atoms with Gasteiger partial charge in [-0.25, -0.2) is 18.2 Å². The average molecular weight is 491 g/mol. The fourth-order valence-electron chi connectivity index (χ4n) is 2.79. The summed E-state index contributed by atoms with van der Waals surface area (Å²) in [5.74, 6) is -1.30. The number of hydrogen-bond donors (Lipinski definition) is 1. The van der Waals surface area contributed by atoms with Gasteiger partial charge in [0.1, 0.15) is 0 Å². The number of rotatable bonds is 6. The molecule has 0 saturated heterocycles. The number of sulfone groups is 1. The Labute approximate surface area is 191 Å². The highest BCUT2D eigenvalue weighted by Gasteiger charge is 2.24. The predicted molar refractivity (Wildman–Crippen MR) is 119 cm³/mol. The first-order chi connectivity index (χ1) is 15.3. The van der Waals surface area contributed by atoms with Gasteiger partial charge in [0.05, 0.1) is 27.3 Å². The van der Waals surface area contributed by atoms with Crippen LogP contribution in [0.2, 0.25) is 5.02 Å². The van der Waals surface area contributed by atoms with Gasteiger partial charge in [0, 0.05) is 5.02 Å². The molecular formula is C21H15ClN2O6S2. The Kier molecular flexibility index (Phi) is 6.00. The van der Waals surface area contributed by atoms with Crippen molar-refractivity contribution in [2.75, 3.05) is 11.9 Å². The molecule has 32 heavy (non-hydrogen) atoms. The van der Waals surface area contributed by atoms with Crippen LogP contribution >= 0.6 is 22.9 Å². The molecule has 2 aromatic heterocycles. The molecule has 8 nitrogen and oxygen atoms in total. The number of furan rings is 1. The van der Waals surface area contributed by atoms with E-state index in [0.29, 0.717) is 20.8 Å². The van der Waals surface area contributed by atoms with Crippen LogP contribution in [-0.4, -0.2) is 31.9 Å². The first-order valence-electron chi connectivity index (χ1n) is 9.27. The van der Waals surface area contributed by atoms with Crippen molar-refractivity contribution in [3.8, 4) is 0 Å². The van der Waals surface area contributed by atoms with Crippen LogP contribution < -0.4 is 5.32 Å². The van der Waals surface area contributed by atoms with Crippen LogP contribution in [0.3, 0.4) is 0 Å². The zero-order chi connectivity index (χ0) is 22.9. The van der Waals surface area contributed by atoms with Gasteiger partial charge in [-0.15, -0.1) is 0 Å². The van der Waals surface area contributed by atoms with Gasteiger partial charge in [-0.05, 0) is 61.5 Å². The van der Waals surface area contributed by atoms with Gasteiger partial charge in [0.2, 0.25) is 14.9 Å². The lowest BCUT2D eigenvalue weighted by atomic mass is 10.2. The molecule has 0 aliphatic rings. The number of amides is 1. The van der Waals surface area contributed by atoms with Crippen LogP contribution in [-0.2, 0) is 14.6 Å². The zero-order valence-corrected chi connectivity index (χ0v) is 18.9. The van der Waals surface area contributed by atoms with E-state index in [1.165, 1.54) is 36.4 Å². The third-order valence-electron chi connectivity index (χ3n) is 4.31. The topological polar surface area (TPSA) is 116 Å². The van der Waals surface area contributed by atoms with Crippen LogP contribution in [0.25, 0.3) is 10.2 Å². The van der Waals surface area contributed by atoms with Gasteiger partial charge in [-0.2, -0.15) is 0 Å². The second-order valence-corrected chi connectivity index (χ2v) is 9.80. The number of carbonyl (C=O) groups excluding carboxylic acids is 2. The molecule has 11 heteroatoms. The molecule has 0 aliphatic carbocycles. The molecule has 2 aromatic carbocycles. The molecule has 0 fully saturated rings. The highest BCUT2D eigenvalue weighted by Crippen LogP contribution is 2.28. The second kappa shape index (κ2) is 8.73. The molecule has 0 radical (unpaired) electrons. The number of esters is 1. The van der Waals surface area contributed by atoms with E-state index in [9.17, 15) is 18.0 Å². The Morgan fingerprint density at radius 3 is 2.59 bits per heavy atom. The van der Waals surface area contributed by atoms with Crippen LogP contribution in [0.15, 0.2) is 69.0 Å². The Morgan fingerprint density at radius 2 is 1.88 bits per heavy atom. The van der Waals surface area contributed by atoms with Crippen molar-refractivity contribution in [3.05, 3.63) is 70.9 Å². The summed E-state index contributed by atoms with van der Waals surface area (Å²) in [7, 11) is -3.94. The van der Waals surface area contributed by atoms with Gasteiger partial charge >= 0.3 is 5.97 Å². The average Bonchev–Trinajstić information content (AvgIpc) is 3.41. The maximum Gasteiger partial charge on any atom is 0.338 e. The van der Waals surface area contributed by atoms with Gasteiger partial charge in [0.25, 0.3) is 5.91 Å². The van der Waals surface area contributed by atoms with Crippen molar-refractivity contribution in [1.82, 2.24) is 4.98 Å². The lowest BCUT2D eigenvalue weighted by molar-refractivity contribution is 0.0526. The summed E-state index contributed by atoms with van der Waals surface area (Å²) in [5.41, 5.74) is 0.966. The number of halogens is 1. The minimum absolute atomic E-state index is 0.00761. The number of hydrogen-bond acceptors (Lipinski definition) is 8. The summed E-state index contributed by atoms with van der Waals surface area (Å²) in [6, 6.07) is 13.0. The van der Waals surface area contributed by atoms with Crippen molar-refractivity contribution < 1.29 is 27.2 Å². The molecule has 0 unspecified atom stereocenters. The highest BCUT2D eigenvalue weighted by atomic mass is 35.5. The molecule has 164 valence electrons. The maximum atomic E-state index is 12.7. The van der Waals surface area contributed by atoms with Crippen molar-refractivity contribution in [3.63, 3.8) is 0 Å². The van der Waals surface area contributed by atoms with Gasteiger partial charge < -0.3 is 9.15 Å². The quantitative estimate of drug-likeness (QED) is 0.386. The molecule has 1 N–H and O–H groups in total. The van der Waals surface area contributed by atoms with E-state index < -0.39 is 21.7 Å². The lowest BCUT2D eigenvalue weighted by Gasteiger charge is -2.01. The van der Waals surface area contributed by atoms with Gasteiger partial charge in [-0.1, -0.05) is 22.9 Å². The summed E-state index contributed by atoms with van der Waals surface area (Å²) in [5, 5.41) is 2.88. The van der Waals surface area contributed by atoms with E-state index in [1.54, 1.807) is 25.1 Å². The normalized spacial score (nSPS) is 11.4. The first-order valence-corrected chi connectivity index (χ1v) is 12.0. The third-order valence-corrected chi connectivity index (χ3v) is 7.14. The summed E-state index contributed by atoms with van der Waals surface area (Å²) in [6.45, 7) is 1.98. The standard InChI is InChI=1S/C21H15ClN2O6S2/c1-2-29-20(26)12-3-8-15-17(11-12)31-21(23-15)24-19(25)16-9-10-18(30-16)32(27,28)14-6-4-13(22)5-7-14/h3-11H,2H2,1H3,(H,23,24,25). The number of aromatic nitrogens is 1. The van der Waals surface area contributed by atoms with Crippen molar-refractivity contribution >= 4 is 60.0 Å². The number of nitrogens with one attached hydrogen (secondary N) is 1. The molecule has 0 spiro atoms. The Hall–Kier alpha value is -3.21. The lowest BCUT2D eigenvalue weighted by Crippen LogP contribution is -2.10. The largest absolute Gasteiger partial charge is 0.462 e. The first kappa shape index (κ1) is 22.0. The number of thiazole rings is 1. The Morgan fingerprint density at radius 1 is 1.12 bits per heavy atom. The maximum absolute atomic E-state index is 12.7. The minimum atomic E-state index is -3.94. The summed E-state index contributed by atoms with van der Waals surface area (Å²) >= 11 is 6.96. The summed E-state index contributed by atoms with van der Waals surface area (Å²) < 4.78 is 36.3. The number of ether oxygens (including phenoxy) is 1. The predicted octanol–water partition coefficient (Wildman–Crippen LogP) is 4.80. The van der Waals surface area contributed by atoms with Gasteiger partial charge in [0.15, 0.2) is 10.9 Å². The monoisotopic (exact) mass is 490 g/mol. The number of anilines is 1. The molecule has 0 atom stereocenters. The molecular weight excluding hydrogens is 476 g/mol. The minimum Gasteiger partial charge on any atom is -0.462 e. The second-order valence-electron chi connectivity index (χ2n) is 6.45. The van der Waals surface area contributed by atoms with E-state index in [1.807, 2.05) is 0 Å². The number of carbonyl (C=O) groups is 2. The van der Waals surface area contributed by atoms with Gasteiger partial charge in [-0.3, -0.25) is 10.1 Å². The highest BCUT2D eigenvalue weighted by molar-refractivity contribution is 7.91. The summed E-state index contributed by atoms with van der Waals surface area (Å²) in [6.07, 6.45) is 0. The van der Waals surface area contributed by atoms with Crippen molar-refractivity contribution in [2.24, 2.45) is 0 Å². The molecule has 4 rings (SSSR count). The fourth-order valence-corrected chi connectivity index (χ4v) is 4.99. The Bertz CT molecular complexity index is 1420. The number of fused-ring (bicyclic) bond motifs is 1. The molecule has 1 amide bonds. The number of benzene rings is 2. The summed E-state index contributed by atoms with van der Waals surface area (Å²) in [4.78, 5) is 28.7. The molecule has 0 saturated carbocycles. The Balaban J connectivity index is 1.53. The van der Waals surface area contributed by atoms with E-state index in [4.69, 9.17) is 20.8 Å². The van der Waals surface area contributed by atoms with Crippen LogP contribution in [0.5, 0.6) is 0 Å². The van der Waals surface area contributed by atoms with Crippen LogP contribution in [0.1, 0.15) is 27.8 Å². The molecule has 2 heterocycles. The van der Waals surface area contributed by atoms with E-state index in [-0.39, 0.29) is 27.5 Å². The van der Waals surface area contributed by atoms with E-state index in [0.717, 1.165) is 11.3 Å².